The molecule has 2 atom stereocenters. The molecule has 2 heterocycles. The second kappa shape index (κ2) is 5.84. The van der Waals surface area contributed by atoms with Crippen LogP contribution in [0.2, 0.25) is 0 Å². The molecule has 2 aromatic rings. The van der Waals surface area contributed by atoms with E-state index in [1.165, 1.54) is 0 Å². The van der Waals surface area contributed by atoms with Gasteiger partial charge in [0.05, 0.1) is 5.56 Å². The Morgan fingerprint density at radius 3 is 2.35 bits per heavy atom. The van der Waals surface area contributed by atoms with E-state index >= 15 is 0 Å². The van der Waals surface area contributed by atoms with Crippen LogP contribution in [0.15, 0.2) is 24.3 Å². The predicted molar refractivity (Wildman–Crippen MR) is 91.6 cm³/mol. The molecule has 4 heteroatoms. The zero-order valence-corrected chi connectivity index (χ0v) is 14.3. The molecule has 0 unspecified atom stereocenters. The zero-order valence-electron chi connectivity index (χ0n) is 14.3. The molecule has 0 aliphatic carbocycles. The Labute approximate surface area is 137 Å². The number of hydrogen-bond acceptors (Lipinski definition) is 2. The van der Waals surface area contributed by atoms with Crippen molar-refractivity contribution in [3.05, 3.63) is 35.5 Å². The molecule has 3 rings (SSSR count). The molecule has 0 N–H and O–H groups in total. The quantitative estimate of drug-likeness (QED) is 0.629. The molecule has 23 heavy (non-hydrogen) atoms. The number of ketones is 1. The van der Waals surface area contributed by atoms with Crippen molar-refractivity contribution in [1.82, 2.24) is 9.47 Å². The number of nitrogens with zero attached hydrogens (tertiary/aromatic N) is 2. The minimum absolute atomic E-state index is 0.130. The number of piperidine rings is 1. The van der Waals surface area contributed by atoms with E-state index in [0.29, 0.717) is 5.56 Å². The first-order valence-electron chi connectivity index (χ1n) is 8.34. The van der Waals surface area contributed by atoms with Gasteiger partial charge in [0.1, 0.15) is 0 Å². The van der Waals surface area contributed by atoms with Crippen molar-refractivity contribution >= 4 is 22.6 Å². The Kier molecular flexibility index (Phi) is 4.00. The van der Waals surface area contributed by atoms with Crippen LogP contribution in [0.25, 0.3) is 10.9 Å². The SMILES string of the molecule is Cc1c(C(=O)C(=O)N2[C@@H](C)CCC[C@@H]2C)c2ccccc2n1C. The number of likely N-dealkylation sites (tertiary alicyclic amines) is 1. The molecule has 1 aliphatic rings. The van der Waals surface area contributed by atoms with Crippen molar-refractivity contribution < 1.29 is 9.59 Å². The third-order valence-corrected chi connectivity index (χ3v) is 5.25. The molecule has 1 saturated heterocycles. The molecule has 1 fully saturated rings. The monoisotopic (exact) mass is 312 g/mol. The number of amides is 1. The van der Waals surface area contributed by atoms with Gasteiger partial charge in [-0.25, -0.2) is 0 Å². The average molecular weight is 312 g/mol. The fourth-order valence-corrected chi connectivity index (χ4v) is 3.85. The molecule has 0 bridgehead atoms. The predicted octanol–water partition coefficient (Wildman–Crippen LogP) is 3.46. The van der Waals surface area contributed by atoms with Gasteiger partial charge in [-0.15, -0.1) is 0 Å². The van der Waals surface area contributed by atoms with Gasteiger partial charge >= 0.3 is 0 Å². The first-order chi connectivity index (χ1) is 10.9. The molecule has 4 nitrogen and oxygen atoms in total. The smallest absolute Gasteiger partial charge is 0.295 e. The van der Waals surface area contributed by atoms with E-state index in [0.717, 1.165) is 35.9 Å². The van der Waals surface area contributed by atoms with Crippen molar-refractivity contribution in [3.8, 4) is 0 Å². The number of benzene rings is 1. The highest BCUT2D eigenvalue weighted by Gasteiger charge is 2.35. The fourth-order valence-electron chi connectivity index (χ4n) is 3.85. The number of aromatic nitrogens is 1. The highest BCUT2D eigenvalue weighted by Crippen LogP contribution is 2.28. The molecule has 1 aromatic carbocycles. The van der Waals surface area contributed by atoms with Crippen LogP contribution in [0.5, 0.6) is 0 Å². The van der Waals surface area contributed by atoms with Gasteiger partial charge in [-0.3, -0.25) is 9.59 Å². The van der Waals surface area contributed by atoms with E-state index in [2.05, 4.69) is 0 Å². The molecule has 1 amide bonds. The number of Topliss-reactive ketones (excluding diaryl/α,β-unsaturated/α-hetero) is 1. The van der Waals surface area contributed by atoms with E-state index in [1.807, 2.05) is 56.7 Å². The van der Waals surface area contributed by atoms with Gasteiger partial charge in [-0.1, -0.05) is 18.2 Å². The van der Waals surface area contributed by atoms with Crippen LogP contribution < -0.4 is 0 Å². The summed E-state index contributed by atoms with van der Waals surface area (Å²) in [6, 6.07) is 8.03. The van der Waals surface area contributed by atoms with Crippen LogP contribution in [-0.4, -0.2) is 33.2 Å². The average Bonchev–Trinajstić information content (AvgIpc) is 2.78. The third kappa shape index (κ3) is 2.46. The maximum absolute atomic E-state index is 13.0. The number of aryl methyl sites for hydroxylation is 1. The first kappa shape index (κ1) is 15.8. The van der Waals surface area contributed by atoms with Crippen molar-refractivity contribution in [2.24, 2.45) is 7.05 Å². The largest absolute Gasteiger partial charge is 0.347 e. The van der Waals surface area contributed by atoms with Gasteiger partial charge in [0.15, 0.2) is 0 Å². The van der Waals surface area contributed by atoms with Crippen molar-refractivity contribution in [1.29, 1.82) is 0 Å². The van der Waals surface area contributed by atoms with E-state index < -0.39 is 0 Å². The summed E-state index contributed by atoms with van der Waals surface area (Å²) >= 11 is 0. The van der Waals surface area contributed by atoms with Gasteiger partial charge in [-0.05, 0) is 46.1 Å². The van der Waals surface area contributed by atoms with Crippen molar-refractivity contribution in [2.45, 2.75) is 52.1 Å². The highest BCUT2D eigenvalue weighted by atomic mass is 16.2. The lowest BCUT2D eigenvalue weighted by atomic mass is 9.95. The Morgan fingerprint density at radius 2 is 1.70 bits per heavy atom. The number of para-hydroxylation sites is 1. The second-order valence-corrected chi connectivity index (χ2v) is 6.71. The number of rotatable bonds is 2. The summed E-state index contributed by atoms with van der Waals surface area (Å²) in [5.41, 5.74) is 2.39. The summed E-state index contributed by atoms with van der Waals surface area (Å²) in [6.07, 6.45) is 3.06. The summed E-state index contributed by atoms with van der Waals surface area (Å²) in [7, 11) is 1.94. The molecular formula is C19H24N2O2. The van der Waals surface area contributed by atoms with Crippen LogP contribution in [0.4, 0.5) is 0 Å². The number of fused-ring (bicyclic) bond motifs is 1. The van der Waals surface area contributed by atoms with Gasteiger partial charge < -0.3 is 9.47 Å². The van der Waals surface area contributed by atoms with Crippen LogP contribution in [0.3, 0.4) is 0 Å². The molecule has 0 radical (unpaired) electrons. The van der Waals surface area contributed by atoms with Crippen LogP contribution >= 0.6 is 0 Å². The van der Waals surface area contributed by atoms with E-state index in [1.54, 1.807) is 4.90 Å². The van der Waals surface area contributed by atoms with E-state index in [4.69, 9.17) is 0 Å². The number of hydrogen-bond donors (Lipinski definition) is 0. The Bertz CT molecular complexity index is 765. The van der Waals surface area contributed by atoms with Crippen LogP contribution in [-0.2, 0) is 11.8 Å². The number of carbonyl (C=O) groups is 2. The van der Waals surface area contributed by atoms with Gasteiger partial charge in [0.25, 0.3) is 11.7 Å². The summed E-state index contributed by atoms with van der Waals surface area (Å²) in [5.74, 6) is -0.732. The lowest BCUT2D eigenvalue weighted by Crippen LogP contribution is -2.50. The third-order valence-electron chi connectivity index (χ3n) is 5.25. The summed E-state index contributed by atoms with van der Waals surface area (Å²) in [6.45, 7) is 5.98. The van der Waals surface area contributed by atoms with Crippen LogP contribution in [0, 0.1) is 6.92 Å². The molecule has 122 valence electrons. The summed E-state index contributed by atoms with van der Waals surface area (Å²) < 4.78 is 1.99. The van der Waals surface area contributed by atoms with Gasteiger partial charge in [0, 0.05) is 35.7 Å². The van der Waals surface area contributed by atoms with Crippen molar-refractivity contribution in [2.75, 3.05) is 0 Å². The number of carbonyl (C=O) groups excluding carboxylic acids is 2. The van der Waals surface area contributed by atoms with E-state index in [-0.39, 0.29) is 23.8 Å². The summed E-state index contributed by atoms with van der Waals surface area (Å²) in [4.78, 5) is 27.7. The molecule has 0 saturated carbocycles. The molecular weight excluding hydrogens is 288 g/mol. The standard InChI is InChI=1S/C19H24N2O2/c1-12-8-7-9-13(2)21(12)19(23)18(22)17-14(3)20(4)16-11-6-5-10-15(16)17/h5-6,10-13H,7-9H2,1-4H3/t12-,13-/m0/s1. The van der Waals surface area contributed by atoms with E-state index in [9.17, 15) is 9.59 Å². The fraction of sp³-hybridized carbons (Fsp3) is 0.474. The lowest BCUT2D eigenvalue weighted by molar-refractivity contribution is -0.132. The topological polar surface area (TPSA) is 42.3 Å². The molecule has 0 spiro atoms. The maximum atomic E-state index is 13.0. The van der Waals surface area contributed by atoms with Crippen molar-refractivity contribution in [3.63, 3.8) is 0 Å². The normalized spacial score (nSPS) is 21.7. The first-order valence-corrected chi connectivity index (χ1v) is 8.34. The Hall–Kier alpha value is -2.10. The highest BCUT2D eigenvalue weighted by molar-refractivity contribution is 6.45. The molecule has 1 aromatic heterocycles. The summed E-state index contributed by atoms with van der Waals surface area (Å²) in [5, 5.41) is 0.864. The van der Waals surface area contributed by atoms with Crippen LogP contribution in [0.1, 0.15) is 49.2 Å². The Morgan fingerprint density at radius 1 is 1.09 bits per heavy atom. The second-order valence-electron chi connectivity index (χ2n) is 6.71. The Balaban J connectivity index is 2.04. The van der Waals surface area contributed by atoms with Gasteiger partial charge in [-0.2, -0.15) is 0 Å². The van der Waals surface area contributed by atoms with Gasteiger partial charge in [0.2, 0.25) is 0 Å². The zero-order chi connectivity index (χ0) is 16.7. The molecule has 1 aliphatic heterocycles. The minimum atomic E-state index is -0.375. The lowest BCUT2D eigenvalue weighted by Gasteiger charge is -2.38. The maximum Gasteiger partial charge on any atom is 0.295 e. The minimum Gasteiger partial charge on any atom is -0.347 e.